The maximum absolute atomic E-state index is 9.21. The fraction of sp³-hybridized carbons (Fsp3) is 1.00. The Bertz CT molecular complexity index is 134. The van der Waals surface area contributed by atoms with Gasteiger partial charge in [-0.25, -0.2) is 0 Å². The zero-order valence-corrected chi connectivity index (χ0v) is 5.90. The van der Waals surface area contributed by atoms with E-state index in [2.05, 4.69) is 4.90 Å². The number of hydrogen-bond donors (Lipinski definition) is 2. The first-order chi connectivity index (χ1) is 4.77. The van der Waals surface area contributed by atoms with Gasteiger partial charge in [0.2, 0.25) is 0 Å². The van der Waals surface area contributed by atoms with Gasteiger partial charge < -0.3 is 10.2 Å². The molecule has 0 aromatic heterocycles. The number of hydrogen-bond acceptors (Lipinski definition) is 3. The van der Waals surface area contributed by atoms with Gasteiger partial charge >= 0.3 is 0 Å². The Hall–Kier alpha value is -0.120. The first kappa shape index (κ1) is 6.58. The van der Waals surface area contributed by atoms with E-state index in [1.165, 1.54) is 0 Å². The highest BCUT2D eigenvalue weighted by Crippen LogP contribution is 2.28. The molecule has 2 unspecified atom stereocenters. The standard InChI is InChI=1S/C7H13NO2/c9-5-3-8(4-5)6-1-2-7(6)10/h5-7,9-10H,1-4H2. The molecule has 2 N–H and O–H groups in total. The van der Waals surface area contributed by atoms with Crippen LogP contribution in [0.2, 0.25) is 0 Å². The molecule has 0 aromatic carbocycles. The third kappa shape index (κ3) is 0.856. The maximum atomic E-state index is 9.21. The van der Waals surface area contributed by atoms with E-state index < -0.39 is 0 Å². The van der Waals surface area contributed by atoms with Crippen LogP contribution in [-0.4, -0.2) is 46.5 Å². The molecule has 0 bridgehead atoms. The Morgan fingerprint density at radius 3 is 2.10 bits per heavy atom. The van der Waals surface area contributed by atoms with Crippen molar-refractivity contribution >= 4 is 0 Å². The van der Waals surface area contributed by atoms with Gasteiger partial charge in [-0.1, -0.05) is 0 Å². The third-order valence-electron chi connectivity index (χ3n) is 2.56. The van der Waals surface area contributed by atoms with Gasteiger partial charge in [-0.3, -0.25) is 4.90 Å². The molecular weight excluding hydrogens is 130 g/mol. The van der Waals surface area contributed by atoms with Crippen molar-refractivity contribution in [3.05, 3.63) is 0 Å². The molecule has 58 valence electrons. The summed E-state index contributed by atoms with van der Waals surface area (Å²) in [4.78, 5) is 2.15. The molecule has 2 fully saturated rings. The summed E-state index contributed by atoms with van der Waals surface area (Å²) in [5, 5.41) is 18.2. The largest absolute Gasteiger partial charge is 0.391 e. The number of aliphatic hydroxyl groups excluding tert-OH is 2. The highest BCUT2D eigenvalue weighted by Gasteiger charge is 2.39. The second-order valence-corrected chi connectivity index (χ2v) is 3.32. The molecule has 2 aliphatic rings. The smallest absolute Gasteiger partial charge is 0.0794 e. The summed E-state index contributed by atoms with van der Waals surface area (Å²) >= 11 is 0. The second kappa shape index (κ2) is 2.19. The van der Waals surface area contributed by atoms with Crippen molar-refractivity contribution < 1.29 is 10.2 Å². The molecule has 1 aliphatic heterocycles. The van der Waals surface area contributed by atoms with Crippen molar-refractivity contribution in [3.8, 4) is 0 Å². The van der Waals surface area contributed by atoms with Gasteiger partial charge in [0.15, 0.2) is 0 Å². The van der Waals surface area contributed by atoms with E-state index in [1.807, 2.05) is 0 Å². The lowest BCUT2D eigenvalue weighted by atomic mass is 9.85. The van der Waals surface area contributed by atoms with E-state index in [0.29, 0.717) is 6.04 Å². The van der Waals surface area contributed by atoms with Crippen molar-refractivity contribution in [1.82, 2.24) is 4.90 Å². The van der Waals surface area contributed by atoms with Crippen molar-refractivity contribution in [3.63, 3.8) is 0 Å². The third-order valence-corrected chi connectivity index (χ3v) is 2.56. The van der Waals surface area contributed by atoms with Crippen LogP contribution in [0, 0.1) is 0 Å². The molecule has 2 rings (SSSR count). The van der Waals surface area contributed by atoms with Crippen LogP contribution in [0.15, 0.2) is 0 Å². The normalized spacial score (nSPS) is 42.6. The number of nitrogens with zero attached hydrogens (tertiary/aromatic N) is 1. The van der Waals surface area contributed by atoms with Crippen LogP contribution >= 0.6 is 0 Å². The average molecular weight is 143 g/mol. The molecule has 1 saturated heterocycles. The Balaban J connectivity index is 1.79. The van der Waals surface area contributed by atoms with Crippen molar-refractivity contribution in [1.29, 1.82) is 0 Å². The summed E-state index contributed by atoms with van der Waals surface area (Å²) < 4.78 is 0. The van der Waals surface area contributed by atoms with Crippen LogP contribution in [0.1, 0.15) is 12.8 Å². The van der Waals surface area contributed by atoms with Crippen LogP contribution in [0.4, 0.5) is 0 Å². The van der Waals surface area contributed by atoms with Crippen molar-refractivity contribution in [2.75, 3.05) is 13.1 Å². The molecule has 1 saturated carbocycles. The number of aliphatic hydroxyl groups is 2. The first-order valence-electron chi connectivity index (χ1n) is 3.87. The molecule has 3 nitrogen and oxygen atoms in total. The highest BCUT2D eigenvalue weighted by atomic mass is 16.3. The van der Waals surface area contributed by atoms with E-state index in [0.717, 1.165) is 25.9 Å². The number of likely N-dealkylation sites (tertiary alicyclic amines) is 1. The summed E-state index contributed by atoms with van der Waals surface area (Å²) in [7, 11) is 0. The highest BCUT2D eigenvalue weighted by molar-refractivity contribution is 4.94. The summed E-state index contributed by atoms with van der Waals surface area (Å²) in [5.74, 6) is 0. The fourth-order valence-corrected chi connectivity index (χ4v) is 1.65. The van der Waals surface area contributed by atoms with Crippen LogP contribution < -0.4 is 0 Å². The quantitative estimate of drug-likeness (QED) is 0.504. The predicted molar refractivity (Wildman–Crippen MR) is 36.6 cm³/mol. The molecule has 1 aliphatic carbocycles. The summed E-state index contributed by atoms with van der Waals surface area (Å²) in [6, 6.07) is 0.364. The van der Waals surface area contributed by atoms with E-state index >= 15 is 0 Å². The second-order valence-electron chi connectivity index (χ2n) is 3.32. The number of rotatable bonds is 1. The van der Waals surface area contributed by atoms with E-state index in [-0.39, 0.29) is 12.2 Å². The summed E-state index contributed by atoms with van der Waals surface area (Å²) in [6.07, 6.45) is 1.80. The molecule has 2 atom stereocenters. The lowest BCUT2D eigenvalue weighted by Gasteiger charge is -2.48. The van der Waals surface area contributed by atoms with Crippen LogP contribution in [0.5, 0.6) is 0 Å². The molecular formula is C7H13NO2. The molecule has 0 aromatic rings. The molecule has 0 spiro atoms. The lowest BCUT2D eigenvalue weighted by Crippen LogP contribution is -2.61. The molecule has 1 heterocycles. The SMILES string of the molecule is OC1CN(C2CCC2O)C1. The van der Waals surface area contributed by atoms with Crippen LogP contribution in [0.25, 0.3) is 0 Å². The van der Waals surface area contributed by atoms with E-state index in [1.54, 1.807) is 0 Å². The van der Waals surface area contributed by atoms with Gasteiger partial charge in [-0.2, -0.15) is 0 Å². The van der Waals surface area contributed by atoms with Gasteiger partial charge in [0.05, 0.1) is 12.2 Å². The summed E-state index contributed by atoms with van der Waals surface area (Å²) in [6.45, 7) is 1.53. The van der Waals surface area contributed by atoms with E-state index in [9.17, 15) is 5.11 Å². The fourth-order valence-electron chi connectivity index (χ4n) is 1.65. The molecule has 0 amide bonds. The predicted octanol–water partition coefficient (Wildman–Crippen LogP) is -0.814. The maximum Gasteiger partial charge on any atom is 0.0794 e. The first-order valence-corrected chi connectivity index (χ1v) is 3.87. The Morgan fingerprint density at radius 2 is 1.80 bits per heavy atom. The topological polar surface area (TPSA) is 43.7 Å². The minimum Gasteiger partial charge on any atom is -0.391 e. The van der Waals surface area contributed by atoms with Crippen molar-refractivity contribution in [2.45, 2.75) is 31.1 Å². The van der Waals surface area contributed by atoms with Crippen LogP contribution in [-0.2, 0) is 0 Å². The molecule has 10 heavy (non-hydrogen) atoms. The average Bonchev–Trinajstić information content (AvgIpc) is 1.82. The van der Waals surface area contributed by atoms with Gasteiger partial charge in [-0.05, 0) is 12.8 Å². The van der Waals surface area contributed by atoms with Crippen LogP contribution in [0.3, 0.4) is 0 Å². The summed E-state index contributed by atoms with van der Waals surface area (Å²) in [5.41, 5.74) is 0. The minimum absolute atomic E-state index is 0.118. The molecule has 3 heteroatoms. The Labute approximate surface area is 60.3 Å². The monoisotopic (exact) mass is 143 g/mol. The number of β-amino-alcohol motifs (C(OH)–C–C–N with tert-alkyl or cyclic N) is 1. The van der Waals surface area contributed by atoms with Gasteiger partial charge in [-0.15, -0.1) is 0 Å². The lowest BCUT2D eigenvalue weighted by molar-refractivity contribution is -0.0962. The van der Waals surface area contributed by atoms with Gasteiger partial charge in [0.25, 0.3) is 0 Å². The van der Waals surface area contributed by atoms with E-state index in [4.69, 9.17) is 5.11 Å². The Kier molecular flexibility index (Phi) is 1.44. The Morgan fingerprint density at radius 1 is 1.10 bits per heavy atom. The minimum atomic E-state index is -0.132. The molecule has 0 radical (unpaired) electrons. The zero-order chi connectivity index (χ0) is 7.14. The van der Waals surface area contributed by atoms with Gasteiger partial charge in [0, 0.05) is 19.1 Å². The zero-order valence-electron chi connectivity index (χ0n) is 5.90. The van der Waals surface area contributed by atoms with Crippen molar-refractivity contribution in [2.24, 2.45) is 0 Å². The van der Waals surface area contributed by atoms with Gasteiger partial charge in [0.1, 0.15) is 0 Å².